The number of ketones is 1. The fourth-order valence-electron chi connectivity index (χ4n) is 1.27. The van der Waals surface area contributed by atoms with Gasteiger partial charge in [0.15, 0.2) is 0 Å². The van der Waals surface area contributed by atoms with Crippen LogP contribution in [0.5, 0.6) is 0 Å². The molecule has 0 saturated heterocycles. The van der Waals surface area contributed by atoms with E-state index < -0.39 is 11.3 Å². The summed E-state index contributed by atoms with van der Waals surface area (Å²) in [6.45, 7) is 1.32. The van der Waals surface area contributed by atoms with E-state index in [1.165, 1.54) is 25.1 Å². The number of rotatable bonds is 4. The topological polar surface area (TPSA) is 34.1 Å². The lowest BCUT2D eigenvalue weighted by Crippen LogP contribution is -2.05. The summed E-state index contributed by atoms with van der Waals surface area (Å²) < 4.78 is 24.9. The normalized spacial score (nSPS) is 12.6. The number of Topliss-reactive ketones (excluding diaryl/α,β-unsaturated/α-hetero) is 1. The molecular formula is C11H9BrF2O2. The van der Waals surface area contributed by atoms with Crippen LogP contribution in [-0.2, 0) is 4.79 Å². The fourth-order valence-corrected chi connectivity index (χ4v) is 1.67. The Kier molecular flexibility index (Phi) is 4.29. The standard InChI is InChI=1S/C11H9BrF2O2/c1-6(16)10(12)9-4-7(11(13)14)2-3-8(9)5-15/h2-5,10-11H,1H3. The molecule has 5 heteroatoms. The molecule has 86 valence electrons. The lowest BCUT2D eigenvalue weighted by Gasteiger charge is -2.11. The van der Waals surface area contributed by atoms with Crippen molar-refractivity contribution in [2.45, 2.75) is 18.2 Å². The Morgan fingerprint density at radius 2 is 2.06 bits per heavy atom. The Balaban J connectivity index is 3.27. The van der Waals surface area contributed by atoms with E-state index in [0.717, 1.165) is 0 Å². The van der Waals surface area contributed by atoms with E-state index in [4.69, 9.17) is 0 Å². The maximum absolute atomic E-state index is 12.5. The van der Waals surface area contributed by atoms with Crippen LogP contribution in [0.25, 0.3) is 0 Å². The first-order valence-corrected chi connectivity index (χ1v) is 5.40. The van der Waals surface area contributed by atoms with Gasteiger partial charge in [0.1, 0.15) is 12.1 Å². The van der Waals surface area contributed by atoms with Gasteiger partial charge in [0.25, 0.3) is 6.43 Å². The zero-order chi connectivity index (χ0) is 12.3. The molecule has 0 aliphatic rings. The van der Waals surface area contributed by atoms with Crippen LogP contribution in [0.2, 0.25) is 0 Å². The molecule has 1 aromatic rings. The van der Waals surface area contributed by atoms with Crippen molar-refractivity contribution < 1.29 is 18.4 Å². The first-order valence-electron chi connectivity index (χ1n) is 4.49. The highest BCUT2D eigenvalue weighted by Gasteiger charge is 2.19. The molecule has 1 aromatic carbocycles. The Morgan fingerprint density at radius 3 is 2.50 bits per heavy atom. The van der Waals surface area contributed by atoms with Gasteiger partial charge in [0, 0.05) is 11.1 Å². The molecule has 0 aromatic heterocycles. The Hall–Kier alpha value is -1.10. The van der Waals surface area contributed by atoms with Crippen molar-refractivity contribution in [2.75, 3.05) is 0 Å². The van der Waals surface area contributed by atoms with Crippen molar-refractivity contribution in [3.05, 3.63) is 34.9 Å². The van der Waals surface area contributed by atoms with Crippen LogP contribution in [-0.4, -0.2) is 12.1 Å². The number of benzene rings is 1. The van der Waals surface area contributed by atoms with Gasteiger partial charge in [-0.25, -0.2) is 8.78 Å². The molecule has 0 N–H and O–H groups in total. The molecule has 1 rings (SSSR count). The molecule has 0 bridgehead atoms. The summed E-state index contributed by atoms with van der Waals surface area (Å²) in [5.74, 6) is -0.241. The van der Waals surface area contributed by atoms with E-state index in [-0.39, 0.29) is 22.5 Å². The highest BCUT2D eigenvalue weighted by atomic mass is 79.9. The lowest BCUT2D eigenvalue weighted by atomic mass is 10.0. The Morgan fingerprint density at radius 1 is 1.44 bits per heavy atom. The zero-order valence-corrected chi connectivity index (χ0v) is 10.0. The van der Waals surface area contributed by atoms with Crippen molar-refractivity contribution in [1.82, 2.24) is 0 Å². The second-order valence-corrected chi connectivity index (χ2v) is 4.20. The van der Waals surface area contributed by atoms with Gasteiger partial charge in [-0.15, -0.1) is 0 Å². The van der Waals surface area contributed by atoms with Crippen LogP contribution in [0.3, 0.4) is 0 Å². The second kappa shape index (κ2) is 5.30. The number of hydrogen-bond acceptors (Lipinski definition) is 2. The van der Waals surface area contributed by atoms with Gasteiger partial charge in [-0.05, 0) is 18.6 Å². The van der Waals surface area contributed by atoms with E-state index in [1.807, 2.05) is 0 Å². The summed E-state index contributed by atoms with van der Waals surface area (Å²) in [7, 11) is 0. The SMILES string of the molecule is CC(=O)C(Br)c1cc(C(F)F)ccc1C=O. The Labute approximate surface area is 99.8 Å². The van der Waals surface area contributed by atoms with E-state index in [2.05, 4.69) is 15.9 Å². The molecule has 0 amide bonds. The summed E-state index contributed by atoms with van der Waals surface area (Å²) in [6.07, 6.45) is -2.08. The molecule has 1 unspecified atom stereocenters. The van der Waals surface area contributed by atoms with Crippen molar-refractivity contribution in [3.63, 3.8) is 0 Å². The van der Waals surface area contributed by atoms with Gasteiger partial charge >= 0.3 is 0 Å². The maximum Gasteiger partial charge on any atom is 0.263 e. The predicted molar refractivity (Wildman–Crippen MR) is 59.1 cm³/mol. The molecule has 0 aliphatic heterocycles. The molecule has 0 radical (unpaired) electrons. The minimum absolute atomic E-state index is 0.202. The monoisotopic (exact) mass is 290 g/mol. The number of hydrogen-bond donors (Lipinski definition) is 0. The predicted octanol–water partition coefficient (Wildman–Crippen LogP) is 3.46. The third-order valence-corrected chi connectivity index (χ3v) is 3.26. The van der Waals surface area contributed by atoms with E-state index in [1.54, 1.807) is 0 Å². The largest absolute Gasteiger partial charge is 0.298 e. The number of halogens is 3. The molecule has 16 heavy (non-hydrogen) atoms. The fraction of sp³-hybridized carbons (Fsp3) is 0.273. The molecule has 0 saturated carbocycles. The second-order valence-electron chi connectivity index (χ2n) is 3.28. The van der Waals surface area contributed by atoms with E-state index in [0.29, 0.717) is 6.29 Å². The number of aldehydes is 1. The van der Waals surface area contributed by atoms with Crippen LogP contribution in [0.4, 0.5) is 8.78 Å². The van der Waals surface area contributed by atoms with Crippen LogP contribution < -0.4 is 0 Å². The smallest absolute Gasteiger partial charge is 0.263 e. The zero-order valence-electron chi connectivity index (χ0n) is 8.41. The molecule has 0 spiro atoms. The van der Waals surface area contributed by atoms with Crippen molar-refractivity contribution in [3.8, 4) is 0 Å². The molecular weight excluding hydrogens is 282 g/mol. The first kappa shape index (κ1) is 13.0. The Bertz CT molecular complexity index is 418. The van der Waals surface area contributed by atoms with Crippen LogP contribution >= 0.6 is 15.9 Å². The van der Waals surface area contributed by atoms with Crippen LogP contribution in [0, 0.1) is 0 Å². The van der Waals surface area contributed by atoms with Gasteiger partial charge in [-0.3, -0.25) is 9.59 Å². The molecule has 2 nitrogen and oxygen atoms in total. The molecule has 1 atom stereocenters. The van der Waals surface area contributed by atoms with Crippen molar-refractivity contribution in [1.29, 1.82) is 0 Å². The maximum atomic E-state index is 12.5. The highest BCUT2D eigenvalue weighted by Crippen LogP contribution is 2.30. The van der Waals surface area contributed by atoms with E-state index in [9.17, 15) is 18.4 Å². The molecule has 0 heterocycles. The minimum Gasteiger partial charge on any atom is -0.298 e. The molecule has 0 fully saturated rings. The number of carbonyl (C=O) groups excluding carboxylic acids is 2. The number of alkyl halides is 3. The minimum atomic E-state index is -2.62. The van der Waals surface area contributed by atoms with Gasteiger partial charge in [-0.2, -0.15) is 0 Å². The third-order valence-electron chi connectivity index (χ3n) is 2.12. The van der Waals surface area contributed by atoms with Gasteiger partial charge in [0.2, 0.25) is 0 Å². The summed E-state index contributed by atoms with van der Waals surface area (Å²) in [4.78, 5) is 21.1. The van der Waals surface area contributed by atoms with Gasteiger partial charge in [0.05, 0.1) is 4.83 Å². The van der Waals surface area contributed by atoms with Gasteiger partial charge < -0.3 is 0 Å². The van der Waals surface area contributed by atoms with Crippen molar-refractivity contribution >= 4 is 28.0 Å². The van der Waals surface area contributed by atoms with E-state index >= 15 is 0 Å². The highest BCUT2D eigenvalue weighted by molar-refractivity contribution is 9.09. The summed E-state index contributed by atoms with van der Waals surface area (Å²) >= 11 is 3.07. The third kappa shape index (κ3) is 2.72. The summed E-state index contributed by atoms with van der Waals surface area (Å²) in [5, 5.41) is 0. The van der Waals surface area contributed by atoms with Crippen molar-refractivity contribution in [2.24, 2.45) is 0 Å². The average molecular weight is 291 g/mol. The summed E-state index contributed by atoms with van der Waals surface area (Å²) in [6, 6.07) is 3.65. The quantitative estimate of drug-likeness (QED) is 0.629. The first-order chi connectivity index (χ1) is 7.47. The lowest BCUT2D eigenvalue weighted by molar-refractivity contribution is -0.116. The summed E-state index contributed by atoms with van der Waals surface area (Å²) in [5.41, 5.74) is 0.313. The average Bonchev–Trinajstić information content (AvgIpc) is 2.26. The number of carbonyl (C=O) groups is 2. The van der Waals surface area contributed by atoms with Gasteiger partial charge in [-0.1, -0.05) is 28.1 Å². The molecule has 0 aliphatic carbocycles. The van der Waals surface area contributed by atoms with Crippen LogP contribution in [0.15, 0.2) is 18.2 Å². The van der Waals surface area contributed by atoms with Crippen LogP contribution in [0.1, 0.15) is 39.7 Å².